The minimum absolute atomic E-state index is 0.192. The Morgan fingerprint density at radius 3 is 2.77 bits per heavy atom. The molecule has 3 heterocycles. The monoisotopic (exact) mass is 522 g/mol. The van der Waals surface area contributed by atoms with E-state index < -0.39 is 0 Å². The van der Waals surface area contributed by atoms with Crippen molar-refractivity contribution in [3.63, 3.8) is 0 Å². The highest BCUT2D eigenvalue weighted by Gasteiger charge is 2.19. The number of imidazole rings is 1. The van der Waals surface area contributed by atoms with Gasteiger partial charge in [0.05, 0.1) is 48.0 Å². The van der Waals surface area contributed by atoms with E-state index in [0.717, 1.165) is 29.7 Å². The first-order chi connectivity index (χ1) is 18.9. The van der Waals surface area contributed by atoms with Gasteiger partial charge in [0.1, 0.15) is 11.6 Å². The Morgan fingerprint density at radius 2 is 2.00 bits per heavy atom. The predicted molar refractivity (Wildman–Crippen MR) is 149 cm³/mol. The molecule has 0 fully saturated rings. The van der Waals surface area contributed by atoms with Gasteiger partial charge in [0.25, 0.3) is 0 Å². The van der Waals surface area contributed by atoms with Gasteiger partial charge in [-0.25, -0.2) is 4.39 Å². The fourth-order valence-corrected chi connectivity index (χ4v) is 5.25. The second kappa shape index (κ2) is 9.75. The third-order valence-corrected chi connectivity index (χ3v) is 7.05. The zero-order chi connectivity index (χ0) is 27.1. The highest BCUT2D eigenvalue weighted by molar-refractivity contribution is 5.94. The number of nitrogens with zero attached hydrogens (tertiary/aromatic N) is 3. The molecule has 0 saturated heterocycles. The third-order valence-electron chi connectivity index (χ3n) is 7.05. The number of hydrogen-bond donors (Lipinski definition) is 3. The second-order valence-electron chi connectivity index (χ2n) is 9.49. The minimum Gasteiger partial charge on any atom is -0.497 e. The summed E-state index contributed by atoms with van der Waals surface area (Å²) in [5.41, 5.74) is 7.64. The van der Waals surface area contributed by atoms with Crippen LogP contribution in [0.1, 0.15) is 18.1 Å². The smallest absolute Gasteiger partial charge is 0.221 e. The van der Waals surface area contributed by atoms with Crippen molar-refractivity contribution >= 4 is 28.3 Å². The van der Waals surface area contributed by atoms with Gasteiger partial charge >= 0.3 is 0 Å². The van der Waals surface area contributed by atoms with E-state index in [9.17, 15) is 9.18 Å². The lowest BCUT2D eigenvalue weighted by Crippen LogP contribution is -2.24. The third kappa shape index (κ3) is 4.41. The standard InChI is InChI=1S/C30H27FN6O2/c1-18(38)35-27-10-8-22(39-2)15-24(27)26-9-7-21(16-34-26)37-29-14-20(31)6-11-28(29)36(30(37)32)17-19-4-3-5-25-23(19)12-13-33-25/h3-11,14-16,32-33H,12-13,17H2,1-2H3,(H,35,38). The van der Waals surface area contributed by atoms with Crippen LogP contribution in [0.15, 0.2) is 72.9 Å². The van der Waals surface area contributed by atoms with Crippen molar-refractivity contribution in [2.24, 2.45) is 0 Å². The summed E-state index contributed by atoms with van der Waals surface area (Å²) < 4.78 is 23.4. The first kappa shape index (κ1) is 24.4. The Bertz CT molecular complexity index is 1790. The van der Waals surface area contributed by atoms with Crippen molar-refractivity contribution in [3.05, 3.63) is 95.5 Å². The fourth-order valence-electron chi connectivity index (χ4n) is 5.25. The minimum atomic E-state index is -0.376. The molecule has 9 heteroatoms. The number of rotatable bonds is 6. The molecule has 0 aliphatic carbocycles. The molecule has 0 unspecified atom stereocenters. The van der Waals surface area contributed by atoms with Crippen LogP contribution in [-0.2, 0) is 17.8 Å². The molecular formula is C30H27FN6O2. The molecule has 6 rings (SSSR count). The lowest BCUT2D eigenvalue weighted by molar-refractivity contribution is -0.114. The Labute approximate surface area is 224 Å². The van der Waals surface area contributed by atoms with E-state index in [-0.39, 0.29) is 17.3 Å². The van der Waals surface area contributed by atoms with E-state index in [1.165, 1.54) is 24.6 Å². The largest absolute Gasteiger partial charge is 0.497 e. The van der Waals surface area contributed by atoms with Gasteiger partial charge in [0.15, 0.2) is 0 Å². The average Bonchev–Trinajstić information content (AvgIpc) is 3.52. The molecule has 39 heavy (non-hydrogen) atoms. The summed E-state index contributed by atoms with van der Waals surface area (Å²) in [5, 5.41) is 15.3. The zero-order valence-electron chi connectivity index (χ0n) is 21.6. The summed E-state index contributed by atoms with van der Waals surface area (Å²) in [6.07, 6.45) is 2.59. The molecule has 2 aromatic heterocycles. The molecule has 3 N–H and O–H groups in total. The molecule has 196 valence electrons. The van der Waals surface area contributed by atoms with E-state index >= 15 is 0 Å². The van der Waals surface area contributed by atoms with E-state index in [4.69, 9.17) is 10.1 Å². The van der Waals surface area contributed by atoms with Crippen molar-refractivity contribution in [1.82, 2.24) is 14.1 Å². The number of carbonyl (C=O) groups is 1. The van der Waals surface area contributed by atoms with Crippen LogP contribution >= 0.6 is 0 Å². The Morgan fingerprint density at radius 1 is 1.13 bits per heavy atom. The number of methoxy groups -OCH3 is 1. The molecule has 5 aromatic rings. The van der Waals surface area contributed by atoms with Gasteiger partial charge in [-0.05, 0) is 66.1 Å². The number of carbonyl (C=O) groups excluding carboxylic acids is 1. The number of hydrogen-bond acceptors (Lipinski definition) is 5. The Hall–Kier alpha value is -4.92. The quantitative estimate of drug-likeness (QED) is 0.289. The summed E-state index contributed by atoms with van der Waals surface area (Å²) in [4.78, 5) is 16.4. The number of aromatic nitrogens is 3. The van der Waals surface area contributed by atoms with E-state index in [1.807, 2.05) is 28.8 Å². The van der Waals surface area contributed by atoms with Crippen molar-refractivity contribution in [2.45, 2.75) is 19.9 Å². The van der Waals surface area contributed by atoms with Crippen molar-refractivity contribution in [3.8, 4) is 22.7 Å². The number of ether oxygens (including phenoxy) is 1. The summed E-state index contributed by atoms with van der Waals surface area (Å²) >= 11 is 0. The molecule has 0 spiro atoms. The van der Waals surface area contributed by atoms with Crippen molar-refractivity contribution in [1.29, 1.82) is 5.41 Å². The molecule has 0 atom stereocenters. The van der Waals surface area contributed by atoms with Crippen LogP contribution < -0.4 is 21.0 Å². The molecular weight excluding hydrogens is 495 g/mol. The van der Waals surface area contributed by atoms with Crippen molar-refractivity contribution < 1.29 is 13.9 Å². The van der Waals surface area contributed by atoms with Gasteiger partial charge in [0, 0.05) is 30.8 Å². The average molecular weight is 523 g/mol. The first-order valence-electron chi connectivity index (χ1n) is 12.7. The van der Waals surface area contributed by atoms with Gasteiger partial charge in [-0.1, -0.05) is 12.1 Å². The molecule has 0 radical (unpaired) electrons. The summed E-state index contributed by atoms with van der Waals surface area (Å²) in [5.74, 6) is 0.0650. The number of pyridine rings is 1. The molecule has 8 nitrogen and oxygen atoms in total. The van der Waals surface area contributed by atoms with Crippen LogP contribution in [-0.4, -0.2) is 33.7 Å². The van der Waals surface area contributed by atoms with E-state index in [2.05, 4.69) is 27.8 Å². The molecule has 0 saturated carbocycles. The van der Waals surface area contributed by atoms with E-state index in [0.29, 0.717) is 40.4 Å². The van der Waals surface area contributed by atoms with Crippen LogP contribution in [0.5, 0.6) is 5.75 Å². The van der Waals surface area contributed by atoms with E-state index in [1.54, 1.807) is 36.1 Å². The number of nitrogens with one attached hydrogen (secondary N) is 3. The zero-order valence-corrected chi connectivity index (χ0v) is 21.6. The summed E-state index contributed by atoms with van der Waals surface area (Å²) in [6.45, 7) is 2.84. The number of fused-ring (bicyclic) bond motifs is 2. The highest BCUT2D eigenvalue weighted by Crippen LogP contribution is 2.32. The lowest BCUT2D eigenvalue weighted by atomic mass is 10.0. The van der Waals surface area contributed by atoms with Gasteiger partial charge < -0.3 is 19.9 Å². The number of amides is 1. The Balaban J connectivity index is 1.45. The Kier molecular flexibility index (Phi) is 6.11. The second-order valence-corrected chi connectivity index (χ2v) is 9.49. The fraction of sp³-hybridized carbons (Fsp3) is 0.167. The predicted octanol–water partition coefficient (Wildman–Crippen LogP) is 5.10. The highest BCUT2D eigenvalue weighted by atomic mass is 19.1. The maximum absolute atomic E-state index is 14.4. The number of benzene rings is 3. The normalized spacial score (nSPS) is 12.3. The van der Waals surface area contributed by atoms with Gasteiger partial charge in [-0.2, -0.15) is 0 Å². The topological polar surface area (TPSA) is 97.0 Å². The molecule has 1 aliphatic heterocycles. The molecule has 1 aliphatic rings. The SMILES string of the molecule is COc1ccc(NC(C)=O)c(-c2ccc(-n3c(=N)n(Cc4cccc5c4CCN5)c4ccc(F)cc43)cn2)c1. The van der Waals surface area contributed by atoms with Crippen LogP contribution in [0.3, 0.4) is 0 Å². The van der Waals surface area contributed by atoms with Gasteiger partial charge in [0.2, 0.25) is 11.5 Å². The lowest BCUT2D eigenvalue weighted by Gasteiger charge is -2.12. The molecule has 3 aromatic carbocycles. The molecule has 1 amide bonds. The maximum atomic E-state index is 14.4. The van der Waals surface area contributed by atoms with Crippen LogP contribution in [0, 0.1) is 11.2 Å². The van der Waals surface area contributed by atoms with Crippen molar-refractivity contribution in [2.75, 3.05) is 24.3 Å². The van der Waals surface area contributed by atoms with Crippen LogP contribution in [0.2, 0.25) is 0 Å². The van der Waals surface area contributed by atoms with Gasteiger partial charge in [-0.3, -0.25) is 19.8 Å². The number of halogens is 1. The summed E-state index contributed by atoms with van der Waals surface area (Å²) in [6, 6.07) is 19.8. The molecule has 0 bridgehead atoms. The summed E-state index contributed by atoms with van der Waals surface area (Å²) in [7, 11) is 1.58. The van der Waals surface area contributed by atoms with Crippen LogP contribution in [0.4, 0.5) is 15.8 Å². The maximum Gasteiger partial charge on any atom is 0.221 e. The van der Waals surface area contributed by atoms with Gasteiger partial charge in [-0.15, -0.1) is 0 Å². The first-order valence-corrected chi connectivity index (χ1v) is 12.7. The van der Waals surface area contributed by atoms with Crippen LogP contribution in [0.25, 0.3) is 28.0 Å². The number of anilines is 2.